The van der Waals surface area contributed by atoms with Crippen molar-refractivity contribution in [1.82, 2.24) is 0 Å². The van der Waals surface area contributed by atoms with Crippen LogP contribution in [-0.2, 0) is 126 Å². The normalized spacial score (nSPS) is 11.6. The maximum absolute atomic E-state index is 13.5. The fourth-order valence-electron chi connectivity index (χ4n) is 4.68. The van der Waals surface area contributed by atoms with Crippen LogP contribution >= 0.6 is 31.9 Å². The molecular formula is C38H46Br2Fe2O16S2-2. The van der Waals surface area contributed by atoms with Crippen LogP contribution in [0, 0.1) is 10.8 Å². The van der Waals surface area contributed by atoms with Gasteiger partial charge in [-0.2, -0.15) is 0 Å². The molecule has 338 valence electrons. The van der Waals surface area contributed by atoms with Gasteiger partial charge in [0.1, 0.15) is 33.4 Å². The zero-order chi connectivity index (χ0) is 47.1. The van der Waals surface area contributed by atoms with Gasteiger partial charge >= 0.3 is 58.0 Å². The Morgan fingerprint density at radius 2 is 0.767 bits per heavy atom. The first-order valence-corrected chi connectivity index (χ1v) is 18.1. The maximum Gasteiger partial charge on any atom is 3.00 e. The van der Waals surface area contributed by atoms with Crippen LogP contribution in [0.5, 0.6) is 11.5 Å². The number of fused-ring (bicyclic) bond motifs is 1. The minimum absolute atomic E-state index is 0. The molecule has 0 saturated carbocycles. The zero-order valence-corrected chi connectivity index (χ0v) is 40.8. The molecule has 0 heterocycles. The van der Waals surface area contributed by atoms with Gasteiger partial charge in [-0.15, -0.1) is 9.79 Å². The van der Waals surface area contributed by atoms with Gasteiger partial charge in [-0.1, -0.05) is 56.1 Å². The maximum atomic E-state index is 13.5. The fraction of sp³-hybridized carbons (Fsp3) is 0.474. The van der Waals surface area contributed by atoms with Gasteiger partial charge in [-0.3, -0.25) is 59.9 Å². The zero-order valence-electron chi connectivity index (χ0n) is 33.8. The molecule has 0 bridgehead atoms. The first kappa shape index (κ1) is 71.5. The van der Waals surface area contributed by atoms with Crippen molar-refractivity contribution in [3.8, 4) is 11.5 Å². The second-order valence-corrected chi connectivity index (χ2v) is 16.7. The predicted octanol–water partition coefficient (Wildman–Crippen LogP) is 4.33. The smallest absolute Gasteiger partial charge is 0.777 e. The van der Waals surface area contributed by atoms with E-state index in [4.69, 9.17) is 82.4 Å². The molecule has 2 atom stereocenters. The number of esters is 4. The average molecular weight is 1090 g/mol. The van der Waals surface area contributed by atoms with Crippen molar-refractivity contribution in [3.05, 3.63) is 24.3 Å². The number of benzene rings is 2. The first-order chi connectivity index (χ1) is 27.2. The molecule has 0 aliphatic heterocycles. The van der Waals surface area contributed by atoms with E-state index in [1.807, 2.05) is 0 Å². The Hall–Kier alpha value is -3.04. The molecule has 0 amide bonds. The topological polar surface area (TPSA) is 226 Å². The van der Waals surface area contributed by atoms with E-state index in [1.54, 1.807) is 65.8 Å². The second-order valence-electron chi connectivity index (χ2n) is 12.4. The number of carbonyl (C=O) groups excluding carboxylic acids is 10. The Morgan fingerprint density at radius 3 is 1.00 bits per heavy atom. The molecule has 0 aromatic heterocycles. The molecule has 0 spiro atoms. The number of alkyl halides is 2. The molecule has 2 rings (SSSR count). The number of ether oxygens (including phenoxy) is 6. The van der Waals surface area contributed by atoms with Crippen molar-refractivity contribution < 1.29 is 111 Å². The molecule has 0 N–H and O–H groups in total. The summed E-state index contributed by atoms with van der Waals surface area (Å²) < 4.78 is 29.7. The van der Waals surface area contributed by atoms with E-state index in [0.29, 0.717) is 10.8 Å². The molecule has 0 saturated heterocycles. The summed E-state index contributed by atoms with van der Waals surface area (Å²) >= 11 is 18.1. The van der Waals surface area contributed by atoms with Gasteiger partial charge in [-0.25, -0.2) is 0 Å². The van der Waals surface area contributed by atoms with Gasteiger partial charge < -0.3 is 82.4 Å². The van der Waals surface area contributed by atoms with Gasteiger partial charge in [0, 0.05) is 25.0 Å². The van der Waals surface area contributed by atoms with Crippen molar-refractivity contribution in [3.63, 3.8) is 0 Å². The molecule has 2 aromatic carbocycles. The van der Waals surface area contributed by atoms with Gasteiger partial charge in [0.15, 0.2) is 0 Å². The summed E-state index contributed by atoms with van der Waals surface area (Å²) in [4.78, 5) is 98.9. The van der Waals surface area contributed by atoms with Gasteiger partial charge in [-0.05, 0) is 54.4 Å². The summed E-state index contributed by atoms with van der Waals surface area (Å²) in [5.41, 5.74) is -2.35. The average Bonchev–Trinajstić information content (AvgIpc) is 3.21. The minimum Gasteiger partial charge on any atom is -0.777 e. The SMILES string of the molecule is COCCOC(=O)C(C)(Br)CC(C)(C)C(=O)Oc1c([S-])c([S-])c(OC(=O)C(C)(C)CC(C)(Br)C(=O)OCCOC)c2ccccc12.[CH-]=O.[CH-]=O.[CH-]=O.[CH-]=O.[CH-]=O.[CH-]=O.[Fe+3].[Fe+3]. The Morgan fingerprint density at radius 1 is 0.517 bits per heavy atom. The quantitative estimate of drug-likeness (QED) is 0.0333. The number of rotatable bonds is 16. The van der Waals surface area contributed by atoms with Crippen molar-refractivity contribution in [2.24, 2.45) is 10.8 Å². The molecule has 2 radical (unpaired) electrons. The van der Waals surface area contributed by atoms with Crippen LogP contribution in [0.1, 0.15) is 54.4 Å². The molecule has 60 heavy (non-hydrogen) atoms. The van der Waals surface area contributed by atoms with Crippen LogP contribution < -0.4 is 9.47 Å². The van der Waals surface area contributed by atoms with E-state index in [2.05, 4.69) is 72.6 Å². The monoisotopic (exact) mass is 1090 g/mol. The summed E-state index contributed by atoms with van der Waals surface area (Å²) in [5.74, 6) is -2.34. The Bertz CT molecular complexity index is 1440. The largest absolute Gasteiger partial charge is 3.00 e. The van der Waals surface area contributed by atoms with Gasteiger partial charge in [0.2, 0.25) is 0 Å². The minimum atomic E-state index is -1.19. The van der Waals surface area contributed by atoms with E-state index in [9.17, 15) is 19.2 Å². The Labute approximate surface area is 400 Å². The first-order valence-electron chi connectivity index (χ1n) is 15.7. The molecule has 0 fully saturated rings. The van der Waals surface area contributed by atoms with Crippen molar-refractivity contribution in [2.75, 3.05) is 40.6 Å². The summed E-state index contributed by atoms with van der Waals surface area (Å²) in [6.45, 7) is 29.9. The summed E-state index contributed by atoms with van der Waals surface area (Å²) in [6, 6.07) is 6.78. The van der Waals surface area contributed by atoms with Gasteiger partial charge in [0.05, 0.1) is 24.0 Å². The Balaban J connectivity index is -0.000000367. The van der Waals surface area contributed by atoms with Crippen molar-refractivity contribution >= 4 is 133 Å². The van der Waals surface area contributed by atoms with Crippen LogP contribution in [0.15, 0.2) is 34.1 Å². The van der Waals surface area contributed by atoms with Crippen LogP contribution in [0.25, 0.3) is 10.8 Å². The predicted molar refractivity (Wildman–Crippen MR) is 224 cm³/mol. The van der Waals surface area contributed by atoms with E-state index in [1.165, 1.54) is 14.2 Å². The third-order valence-electron chi connectivity index (χ3n) is 6.97. The molecule has 16 nitrogen and oxygen atoms in total. The van der Waals surface area contributed by atoms with Crippen molar-refractivity contribution in [2.45, 2.75) is 72.8 Å². The van der Waals surface area contributed by atoms with Gasteiger partial charge in [0.25, 0.3) is 0 Å². The van der Waals surface area contributed by atoms with Crippen LogP contribution in [0.2, 0.25) is 0 Å². The number of methoxy groups -OCH3 is 2. The molecular weight excluding hydrogens is 1050 g/mol. The van der Waals surface area contributed by atoms with Crippen LogP contribution in [0.3, 0.4) is 0 Å². The summed E-state index contributed by atoms with van der Waals surface area (Å²) in [6.07, 6.45) is 0.0700. The van der Waals surface area contributed by atoms with Crippen molar-refractivity contribution in [1.29, 1.82) is 0 Å². The van der Waals surface area contributed by atoms with Crippen LogP contribution in [-0.4, -0.2) is 114 Å². The summed E-state index contributed by atoms with van der Waals surface area (Å²) in [7, 11) is 2.99. The van der Waals surface area contributed by atoms with E-state index < -0.39 is 43.4 Å². The molecule has 0 aliphatic rings. The third-order valence-corrected chi connectivity index (χ3v) is 9.09. The number of hydrogen-bond donors (Lipinski definition) is 0. The fourth-order valence-corrected chi connectivity index (χ4v) is 6.80. The molecule has 0 aliphatic carbocycles. The number of hydrogen-bond acceptors (Lipinski definition) is 18. The second kappa shape index (κ2) is 37.7. The number of halogens is 2. The summed E-state index contributed by atoms with van der Waals surface area (Å²) in [5, 5.41) is 0.803. The third kappa shape index (κ3) is 23.8. The Kier molecular flexibility index (Phi) is 44.9. The standard InChI is InChI=1S/C32H42Br2O10S2.6CHO.2Fe/c1-29(2,17-31(5,33)27(37)41-15-13-39-7)25(35)43-21-19-11-9-10-12-20(19)22(24(46)23(21)45)44-26(36)30(3,4)18-32(6,34)28(38)42-16-14-40-8;6*1-2;;/h9-12,45-46H,13-18H2,1-8H3;6*1H;;/q;6*-1;2*+3/p-2. The van der Waals surface area contributed by atoms with E-state index >= 15 is 0 Å². The van der Waals surface area contributed by atoms with E-state index in [0.717, 1.165) is 0 Å². The molecule has 22 heteroatoms. The number of carbonyl (C=O) groups is 4. The van der Waals surface area contributed by atoms with Crippen LogP contribution in [0.4, 0.5) is 0 Å². The molecule has 2 aromatic rings. The van der Waals surface area contributed by atoms with E-state index in [-0.39, 0.29) is 94.7 Å². The molecule has 2 unspecified atom stereocenters.